The number of carbonyl (C=O) groups excluding carboxylic acids is 1. The summed E-state index contributed by atoms with van der Waals surface area (Å²) in [5.74, 6) is 1.45. The fourth-order valence-corrected chi connectivity index (χ4v) is 7.35. The largest absolute Gasteiger partial charge is 0.444 e. The molecule has 5 fully saturated rings. The Hall–Kier alpha value is -3.90. The predicted molar refractivity (Wildman–Crippen MR) is 266 cm³/mol. The minimum Gasteiger partial charge on any atom is -0.444 e. The number of hydrogen-bond donors (Lipinski definition) is 9. The molecule has 0 aliphatic carbocycles. The number of aliphatic hydroxyl groups excluding tert-OH is 5. The summed E-state index contributed by atoms with van der Waals surface area (Å²) < 4.78 is 5.94. The van der Waals surface area contributed by atoms with E-state index in [-0.39, 0.29) is 67.1 Å². The fourth-order valence-electron chi connectivity index (χ4n) is 6.81. The highest BCUT2D eigenvalue weighted by Gasteiger charge is 2.28. The zero-order chi connectivity index (χ0) is 47.6. The first-order chi connectivity index (χ1) is 30.1. The van der Waals surface area contributed by atoms with Crippen molar-refractivity contribution in [2.24, 2.45) is 0 Å². The second-order valence-electron chi connectivity index (χ2n) is 17.3. The number of nitrogens with zero attached hydrogens (tertiary/aromatic N) is 7. The van der Waals surface area contributed by atoms with Gasteiger partial charge in [0.1, 0.15) is 21.8 Å². The molecule has 20 nitrogen and oxygen atoms in total. The van der Waals surface area contributed by atoms with Crippen LogP contribution in [0.15, 0.2) is 41.0 Å². The van der Waals surface area contributed by atoms with E-state index in [9.17, 15) is 30.2 Å². The number of carbonyl (C=O) groups is 1. The third-order valence-electron chi connectivity index (χ3n) is 9.90. The van der Waals surface area contributed by atoms with Gasteiger partial charge in [-0.2, -0.15) is 0 Å². The second kappa shape index (κ2) is 29.8. The first-order valence-electron chi connectivity index (χ1n) is 21.6. The van der Waals surface area contributed by atoms with Gasteiger partial charge in [0, 0.05) is 92.9 Å². The van der Waals surface area contributed by atoms with Gasteiger partial charge >= 0.3 is 6.09 Å². The lowest BCUT2D eigenvalue weighted by Gasteiger charge is -2.24. The Labute approximate surface area is 409 Å². The van der Waals surface area contributed by atoms with Crippen LogP contribution < -0.4 is 31.9 Å². The molecule has 66 heavy (non-hydrogen) atoms. The number of nitrogens with one attached hydrogen (secondary N) is 2. The second-order valence-corrected chi connectivity index (χ2v) is 18.1. The monoisotopic (exact) mass is 1040 g/mol. The number of aromatic nitrogens is 3. The molecule has 0 spiro atoms. The third-order valence-corrected chi connectivity index (χ3v) is 10.3. The van der Waals surface area contributed by atoms with Gasteiger partial charge in [-0.05, 0) is 121 Å². The number of rotatable bonds is 3. The van der Waals surface area contributed by atoms with Gasteiger partial charge in [0.25, 0.3) is 5.69 Å². The molecule has 374 valence electrons. The summed E-state index contributed by atoms with van der Waals surface area (Å²) in [5.41, 5.74) is 14.8. The molecule has 5 aliphatic rings. The molecule has 5 atom stereocenters. The Morgan fingerprint density at radius 1 is 0.697 bits per heavy atom. The van der Waals surface area contributed by atoms with Crippen LogP contribution in [-0.2, 0) is 4.74 Å². The van der Waals surface area contributed by atoms with Gasteiger partial charge in [0.15, 0.2) is 0 Å². The maximum absolute atomic E-state index is 11.4. The van der Waals surface area contributed by atoms with Gasteiger partial charge in [-0.15, -0.1) is 24.8 Å². The molecule has 0 saturated carbocycles. The average Bonchev–Trinajstić information content (AvgIpc) is 4.05. The van der Waals surface area contributed by atoms with Crippen LogP contribution in [0.4, 0.5) is 33.5 Å². The molecule has 5 saturated heterocycles. The van der Waals surface area contributed by atoms with Crippen LogP contribution in [0.1, 0.15) is 70.0 Å². The Kier molecular flexibility index (Phi) is 27.1. The molecular weight excluding hydrogens is 965 g/mol. The highest BCUT2D eigenvalue weighted by atomic mass is 79.9. The number of halogens is 3. The summed E-state index contributed by atoms with van der Waals surface area (Å²) in [7, 11) is 0. The van der Waals surface area contributed by atoms with Gasteiger partial charge in [-0.3, -0.25) is 10.1 Å². The number of nitrogens with two attached hydrogens (primary N) is 2. The predicted octanol–water partition coefficient (Wildman–Crippen LogP) is 3.66. The summed E-state index contributed by atoms with van der Waals surface area (Å²) >= 11 is 3.22. The summed E-state index contributed by atoms with van der Waals surface area (Å²) in [6, 6.07) is 10.2. The van der Waals surface area contributed by atoms with Crippen molar-refractivity contribution < 1.29 is 40.0 Å². The highest BCUT2D eigenvalue weighted by molar-refractivity contribution is 9.10. The van der Waals surface area contributed by atoms with Crippen LogP contribution in [0.3, 0.4) is 0 Å². The van der Waals surface area contributed by atoms with Crippen LogP contribution in [0, 0.1) is 30.9 Å². The molecular formula is C43H72BrCl2N11O9. The van der Waals surface area contributed by atoms with E-state index in [0.717, 1.165) is 85.2 Å². The molecule has 1 amide bonds. The average molecular weight is 1040 g/mol. The maximum atomic E-state index is 11.4. The van der Waals surface area contributed by atoms with E-state index in [1.807, 2.05) is 57.7 Å². The maximum Gasteiger partial charge on any atom is 0.410 e. The molecule has 11 N–H and O–H groups in total. The molecule has 8 heterocycles. The minimum absolute atomic E-state index is 0. The third kappa shape index (κ3) is 23.7. The zero-order valence-electron chi connectivity index (χ0n) is 38.8. The van der Waals surface area contributed by atoms with Crippen molar-refractivity contribution in [1.82, 2.24) is 30.5 Å². The SMILES string of the molecule is CC(C)(C)OC(=O)N1CC[C@H](O)C1.Cc1cc(N)cc(Br)n1.Cc1cc(N)cc(N2CC[C@H](O)C2)n1.Cc1cc([N+](=O)[O-])cc(N2CC[C@H](O)C2)n1.Cl.Cl.O[C@H]1CCNC1.O[C@H]1CCNC1. The summed E-state index contributed by atoms with van der Waals surface area (Å²) in [6.07, 6.45) is 2.59. The van der Waals surface area contributed by atoms with Crippen LogP contribution in [-0.4, -0.2) is 158 Å². The van der Waals surface area contributed by atoms with Gasteiger partial charge in [0.05, 0.1) is 41.5 Å². The lowest BCUT2D eigenvalue weighted by atomic mass is 10.2. The molecule has 8 rings (SSSR count). The molecule has 0 unspecified atom stereocenters. The van der Waals surface area contributed by atoms with Crippen molar-refractivity contribution in [2.45, 2.75) is 110 Å². The van der Waals surface area contributed by atoms with Crippen molar-refractivity contribution in [3.63, 3.8) is 0 Å². The molecule has 0 bridgehead atoms. The standard InChI is InChI=1S/C10H13N3O3.C10H15N3O.C9H17NO3.C6H7BrN2.2C4H9NO.2ClH/c1-7-4-8(13(15)16)5-10(11-7)12-3-2-9(14)6-12;1-7-4-8(11)5-10(12-7)13-3-2-9(14)6-13;1-9(2,3)13-8(12)10-5-4-7(11)6-10;1-4-2-5(8)3-6(7)9-4;2*6-4-1-2-5-3-4;;/h4-5,9,14H,2-3,6H2,1H3;4-5,9,14H,2-3,6H2,1H3,(H2,11,12);7,11H,4-6H2,1-3H3;2-3H,1H3,(H2,8,9);2*4-6H,1-3H2;2*1H/t2*9-;7-;;2*4-;;/m000.00../s1. The van der Waals surface area contributed by atoms with E-state index in [1.54, 1.807) is 13.0 Å². The Morgan fingerprint density at radius 2 is 1.14 bits per heavy atom. The van der Waals surface area contributed by atoms with Crippen LogP contribution >= 0.6 is 40.7 Å². The van der Waals surface area contributed by atoms with Crippen molar-refractivity contribution >= 4 is 75.5 Å². The molecule has 0 aromatic carbocycles. The van der Waals surface area contributed by atoms with Gasteiger partial charge in [0.2, 0.25) is 0 Å². The number of likely N-dealkylation sites (tertiary alicyclic amines) is 1. The van der Waals surface area contributed by atoms with Crippen molar-refractivity contribution in [1.29, 1.82) is 0 Å². The number of aryl methyl sites for hydroxylation is 3. The fraction of sp³-hybridized carbons (Fsp3) is 0.628. The minimum atomic E-state index is -0.454. The Morgan fingerprint density at radius 3 is 1.47 bits per heavy atom. The quantitative estimate of drug-likeness (QED) is 0.103. The van der Waals surface area contributed by atoms with Crippen LogP contribution in [0.25, 0.3) is 0 Å². The summed E-state index contributed by atoms with van der Waals surface area (Å²) in [6.45, 7) is 18.3. The van der Waals surface area contributed by atoms with Crippen molar-refractivity contribution in [3.05, 3.63) is 68.2 Å². The number of aliphatic hydroxyl groups is 5. The number of amides is 1. The molecule has 3 aromatic rings. The zero-order valence-corrected chi connectivity index (χ0v) is 42.0. The van der Waals surface area contributed by atoms with E-state index in [1.165, 1.54) is 17.0 Å². The summed E-state index contributed by atoms with van der Waals surface area (Å²) in [4.78, 5) is 39.8. The van der Waals surface area contributed by atoms with E-state index in [2.05, 4.69) is 46.4 Å². The van der Waals surface area contributed by atoms with E-state index >= 15 is 0 Å². The van der Waals surface area contributed by atoms with Crippen molar-refractivity contribution in [3.8, 4) is 0 Å². The lowest BCUT2D eigenvalue weighted by molar-refractivity contribution is -0.384. The number of nitro groups is 1. The number of hydrogen-bond acceptors (Lipinski definition) is 18. The lowest BCUT2D eigenvalue weighted by Crippen LogP contribution is -2.35. The highest BCUT2D eigenvalue weighted by Crippen LogP contribution is 2.24. The molecule has 5 aliphatic heterocycles. The smallest absolute Gasteiger partial charge is 0.410 e. The molecule has 0 radical (unpaired) electrons. The Bertz CT molecular complexity index is 1830. The van der Waals surface area contributed by atoms with Gasteiger partial charge in [-0.25, -0.2) is 19.7 Å². The van der Waals surface area contributed by atoms with E-state index < -0.39 is 10.5 Å². The molecule has 3 aromatic heterocycles. The first-order valence-corrected chi connectivity index (χ1v) is 22.4. The number of anilines is 4. The van der Waals surface area contributed by atoms with Gasteiger partial charge in [-0.1, -0.05) is 0 Å². The topological polar surface area (TPSA) is 295 Å². The number of ether oxygens (including phenoxy) is 1. The van der Waals surface area contributed by atoms with Crippen LogP contribution in [0.2, 0.25) is 0 Å². The molecule has 23 heteroatoms. The Balaban J connectivity index is 0.000000406. The van der Waals surface area contributed by atoms with Crippen molar-refractivity contribution in [2.75, 3.05) is 86.7 Å². The van der Waals surface area contributed by atoms with E-state index in [4.69, 9.17) is 26.4 Å². The number of nitrogen functional groups attached to an aromatic ring is 2. The normalized spacial score (nSPS) is 21.6. The van der Waals surface area contributed by atoms with E-state index in [0.29, 0.717) is 57.1 Å². The number of pyridine rings is 3. The first kappa shape index (κ1) is 60.1. The van der Waals surface area contributed by atoms with Gasteiger partial charge < -0.3 is 67.1 Å². The summed E-state index contributed by atoms with van der Waals surface area (Å²) in [5, 5.41) is 62.1. The number of β-amino-alcohol motifs (C(OH)–C–C–N with tert-alkyl or cyclic N) is 5. The van der Waals surface area contributed by atoms with Crippen LogP contribution in [0.5, 0.6) is 0 Å².